The zero-order valence-corrected chi connectivity index (χ0v) is 18.5. The van der Waals surface area contributed by atoms with Crippen molar-refractivity contribution in [1.82, 2.24) is 9.88 Å². The van der Waals surface area contributed by atoms with Crippen LogP contribution < -0.4 is 15.8 Å². The van der Waals surface area contributed by atoms with E-state index in [0.717, 1.165) is 25.2 Å². The third kappa shape index (κ3) is 6.40. The van der Waals surface area contributed by atoms with Crippen molar-refractivity contribution in [2.75, 3.05) is 18.4 Å². The molecular weight excluding hydrogens is 416 g/mol. The van der Waals surface area contributed by atoms with E-state index >= 15 is 0 Å². The molecule has 0 unspecified atom stereocenters. The summed E-state index contributed by atoms with van der Waals surface area (Å²) in [6.07, 6.45) is 6.77. The molecule has 0 spiro atoms. The fourth-order valence-electron chi connectivity index (χ4n) is 3.88. The number of ether oxygens (including phenoxy) is 1. The Morgan fingerprint density at radius 1 is 0.939 bits per heavy atom. The van der Waals surface area contributed by atoms with Crippen molar-refractivity contribution >= 4 is 17.5 Å². The molecule has 1 aliphatic rings. The monoisotopic (exact) mass is 444 g/mol. The topological polar surface area (TPSA) is 97.5 Å². The summed E-state index contributed by atoms with van der Waals surface area (Å²) in [4.78, 5) is 30.4. The van der Waals surface area contributed by atoms with Gasteiger partial charge in [-0.3, -0.25) is 19.5 Å². The van der Waals surface area contributed by atoms with Crippen LogP contribution in [-0.4, -0.2) is 34.8 Å². The Hall–Kier alpha value is -3.71. The standard InChI is InChI=1S/C26H28N4O3/c27-25(31)22-14-24(16-28-15-22)33-18-20-5-4-6-23(13-20)29-26(32)21-9-7-19(8-10-21)17-30-11-2-1-3-12-30/h4-10,13-16H,1-3,11-12,17-18H2,(H2,27,31)(H,29,32). The molecule has 3 N–H and O–H groups in total. The quantitative estimate of drug-likeness (QED) is 0.547. The SMILES string of the molecule is NC(=O)c1cncc(OCc2cccc(NC(=O)c3ccc(CN4CCCCC4)cc3)c2)c1. The lowest BCUT2D eigenvalue weighted by Gasteiger charge is -2.26. The number of amides is 2. The van der Waals surface area contributed by atoms with E-state index in [-0.39, 0.29) is 18.1 Å². The van der Waals surface area contributed by atoms with Gasteiger partial charge in [0, 0.05) is 24.0 Å². The molecule has 2 aromatic carbocycles. The summed E-state index contributed by atoms with van der Waals surface area (Å²) in [7, 11) is 0. The molecule has 0 aliphatic carbocycles. The fraction of sp³-hybridized carbons (Fsp3) is 0.269. The van der Waals surface area contributed by atoms with Gasteiger partial charge in [-0.1, -0.05) is 30.7 Å². The summed E-state index contributed by atoms with van der Waals surface area (Å²) in [6.45, 7) is 3.49. The highest BCUT2D eigenvalue weighted by Crippen LogP contribution is 2.18. The van der Waals surface area contributed by atoms with E-state index in [0.29, 0.717) is 17.0 Å². The van der Waals surface area contributed by atoms with Crippen LogP contribution in [0.2, 0.25) is 0 Å². The second-order valence-electron chi connectivity index (χ2n) is 8.25. The largest absolute Gasteiger partial charge is 0.487 e. The minimum atomic E-state index is -0.558. The van der Waals surface area contributed by atoms with Crippen LogP contribution in [0.4, 0.5) is 5.69 Å². The molecule has 0 saturated carbocycles. The van der Waals surface area contributed by atoms with Gasteiger partial charge in [0.05, 0.1) is 11.8 Å². The van der Waals surface area contributed by atoms with Gasteiger partial charge >= 0.3 is 0 Å². The van der Waals surface area contributed by atoms with Gasteiger partial charge in [-0.05, 0) is 67.4 Å². The summed E-state index contributed by atoms with van der Waals surface area (Å²) < 4.78 is 5.72. The first-order valence-electron chi connectivity index (χ1n) is 11.2. The Labute approximate surface area is 193 Å². The third-order valence-electron chi connectivity index (χ3n) is 5.66. The van der Waals surface area contributed by atoms with E-state index in [4.69, 9.17) is 10.5 Å². The van der Waals surface area contributed by atoms with Crippen LogP contribution in [0.1, 0.15) is 51.1 Å². The molecule has 0 bridgehead atoms. The number of nitrogens with zero attached hydrogens (tertiary/aromatic N) is 2. The number of primary amides is 1. The average molecular weight is 445 g/mol. The normalized spacial score (nSPS) is 13.9. The van der Waals surface area contributed by atoms with Crippen molar-refractivity contribution in [2.24, 2.45) is 5.73 Å². The van der Waals surface area contributed by atoms with Gasteiger partial charge < -0.3 is 15.8 Å². The van der Waals surface area contributed by atoms with Crippen LogP contribution >= 0.6 is 0 Å². The van der Waals surface area contributed by atoms with Gasteiger partial charge in [0.15, 0.2) is 0 Å². The van der Waals surface area contributed by atoms with Crippen LogP contribution in [0, 0.1) is 0 Å². The Kier molecular flexibility index (Phi) is 7.32. The molecule has 1 aromatic heterocycles. The summed E-state index contributed by atoms with van der Waals surface area (Å²) in [5.41, 5.74) is 8.96. The summed E-state index contributed by atoms with van der Waals surface area (Å²) in [5.74, 6) is -0.265. The summed E-state index contributed by atoms with van der Waals surface area (Å²) in [5, 5.41) is 2.94. The summed E-state index contributed by atoms with van der Waals surface area (Å²) in [6, 6.07) is 16.8. The predicted molar refractivity (Wildman–Crippen MR) is 127 cm³/mol. The number of likely N-dealkylation sites (tertiary alicyclic amines) is 1. The minimum Gasteiger partial charge on any atom is -0.487 e. The maximum absolute atomic E-state index is 12.7. The molecule has 0 atom stereocenters. The van der Waals surface area contributed by atoms with Crippen molar-refractivity contribution in [3.05, 3.63) is 89.2 Å². The molecule has 1 fully saturated rings. The third-order valence-corrected chi connectivity index (χ3v) is 5.66. The van der Waals surface area contributed by atoms with Crippen molar-refractivity contribution in [3.8, 4) is 5.75 Å². The van der Waals surface area contributed by atoms with E-state index in [1.165, 1.54) is 37.2 Å². The molecule has 0 radical (unpaired) electrons. The first kappa shape index (κ1) is 22.5. The van der Waals surface area contributed by atoms with Gasteiger partial charge in [-0.2, -0.15) is 0 Å². The maximum Gasteiger partial charge on any atom is 0.255 e. The Bertz CT molecular complexity index is 1110. The lowest BCUT2D eigenvalue weighted by molar-refractivity contribution is 0.0997. The lowest BCUT2D eigenvalue weighted by Crippen LogP contribution is -2.29. The number of nitrogens with two attached hydrogens (primary N) is 1. The predicted octanol–water partition coefficient (Wildman–Crippen LogP) is 4.00. The van der Waals surface area contributed by atoms with Crippen molar-refractivity contribution in [3.63, 3.8) is 0 Å². The number of carbonyl (C=O) groups excluding carboxylic acids is 2. The minimum absolute atomic E-state index is 0.157. The Morgan fingerprint density at radius 3 is 2.48 bits per heavy atom. The highest BCUT2D eigenvalue weighted by atomic mass is 16.5. The van der Waals surface area contributed by atoms with Crippen molar-refractivity contribution < 1.29 is 14.3 Å². The number of anilines is 1. The van der Waals surface area contributed by atoms with Crippen molar-refractivity contribution in [2.45, 2.75) is 32.4 Å². The summed E-state index contributed by atoms with van der Waals surface area (Å²) >= 11 is 0. The van der Waals surface area contributed by atoms with Crippen LogP contribution in [0.5, 0.6) is 5.75 Å². The number of pyridine rings is 1. The molecule has 170 valence electrons. The number of hydrogen-bond acceptors (Lipinski definition) is 5. The number of carbonyl (C=O) groups is 2. The molecule has 7 nitrogen and oxygen atoms in total. The highest BCUT2D eigenvalue weighted by Gasteiger charge is 2.12. The molecule has 7 heteroatoms. The van der Waals surface area contributed by atoms with Crippen LogP contribution in [0.3, 0.4) is 0 Å². The molecular formula is C26H28N4O3. The zero-order chi connectivity index (χ0) is 23.0. The smallest absolute Gasteiger partial charge is 0.255 e. The lowest BCUT2D eigenvalue weighted by atomic mass is 10.1. The number of benzene rings is 2. The van der Waals surface area contributed by atoms with E-state index < -0.39 is 5.91 Å². The number of piperidine rings is 1. The number of rotatable bonds is 8. The van der Waals surface area contributed by atoms with E-state index in [2.05, 4.69) is 15.2 Å². The van der Waals surface area contributed by atoms with Gasteiger partial charge in [-0.15, -0.1) is 0 Å². The van der Waals surface area contributed by atoms with Crippen LogP contribution in [-0.2, 0) is 13.2 Å². The number of nitrogens with one attached hydrogen (secondary N) is 1. The Balaban J connectivity index is 1.33. The van der Waals surface area contributed by atoms with E-state index in [1.54, 1.807) is 6.07 Å². The van der Waals surface area contributed by atoms with Crippen molar-refractivity contribution in [1.29, 1.82) is 0 Å². The van der Waals surface area contributed by atoms with Gasteiger partial charge in [-0.25, -0.2) is 0 Å². The second kappa shape index (κ2) is 10.7. The highest BCUT2D eigenvalue weighted by molar-refractivity contribution is 6.04. The molecule has 1 saturated heterocycles. The average Bonchev–Trinajstić information content (AvgIpc) is 2.84. The van der Waals surface area contributed by atoms with Gasteiger partial charge in [0.2, 0.25) is 5.91 Å². The van der Waals surface area contributed by atoms with Crippen LogP contribution in [0.25, 0.3) is 0 Å². The molecule has 3 aromatic rings. The number of aromatic nitrogens is 1. The van der Waals surface area contributed by atoms with Gasteiger partial charge in [0.1, 0.15) is 12.4 Å². The zero-order valence-electron chi connectivity index (χ0n) is 18.5. The molecule has 1 aliphatic heterocycles. The van der Waals surface area contributed by atoms with Gasteiger partial charge in [0.25, 0.3) is 5.91 Å². The van der Waals surface area contributed by atoms with E-state index in [9.17, 15) is 9.59 Å². The molecule has 4 rings (SSSR count). The Morgan fingerprint density at radius 2 is 1.73 bits per heavy atom. The second-order valence-corrected chi connectivity index (χ2v) is 8.25. The first-order chi connectivity index (χ1) is 16.1. The maximum atomic E-state index is 12.7. The first-order valence-corrected chi connectivity index (χ1v) is 11.2. The fourth-order valence-corrected chi connectivity index (χ4v) is 3.88. The number of hydrogen-bond donors (Lipinski definition) is 2. The molecule has 2 amide bonds. The molecule has 33 heavy (non-hydrogen) atoms. The molecule has 2 heterocycles. The van der Waals surface area contributed by atoms with Crippen LogP contribution in [0.15, 0.2) is 67.0 Å². The van der Waals surface area contributed by atoms with E-state index in [1.807, 2.05) is 48.5 Å².